The van der Waals surface area contributed by atoms with Crippen molar-refractivity contribution >= 4 is 20.5 Å². The molecule has 0 aliphatic carbocycles. The van der Waals surface area contributed by atoms with Crippen LogP contribution >= 0.6 is 0 Å². The summed E-state index contributed by atoms with van der Waals surface area (Å²) in [6, 6.07) is 0. The van der Waals surface area contributed by atoms with E-state index >= 15 is 0 Å². The van der Waals surface area contributed by atoms with Gasteiger partial charge in [-0.05, 0) is 0 Å². The predicted molar refractivity (Wildman–Crippen MR) is 39.8 cm³/mol. The minimum atomic E-state index is -3.43. The van der Waals surface area contributed by atoms with Crippen molar-refractivity contribution in [2.24, 2.45) is 0 Å². The van der Waals surface area contributed by atoms with Crippen LogP contribution in [0.15, 0.2) is 0 Å². The Morgan fingerprint density at radius 1 is 1.00 bits per heavy atom. The number of hydrogen-bond donors (Lipinski definition) is 0. The van der Waals surface area contributed by atoms with Crippen molar-refractivity contribution in [2.75, 3.05) is 27.9 Å². The van der Waals surface area contributed by atoms with Gasteiger partial charge in [0.1, 0.15) is 0 Å². The fraction of sp³-hybridized carbons (Fsp3) is 1.00. The minimum absolute atomic E-state index is 0.561. The first-order valence-corrected chi connectivity index (χ1v) is 7.70. The van der Waals surface area contributed by atoms with Gasteiger partial charge in [-0.2, -0.15) is 0 Å². The molecule has 10 heavy (non-hydrogen) atoms. The number of hydrogen-bond acceptors (Lipinski definition) is 4. The van der Waals surface area contributed by atoms with Crippen molar-refractivity contribution < 1.29 is 12.1 Å². The summed E-state index contributed by atoms with van der Waals surface area (Å²) in [5, 5.41) is 0. The molecule has 0 aliphatic rings. The van der Waals surface area contributed by atoms with E-state index in [-0.39, 0.29) is 0 Å². The molecule has 0 saturated carbocycles. The van der Waals surface area contributed by atoms with Crippen LogP contribution < -0.4 is 0 Å². The Labute approximate surface area is 67.7 Å². The second-order valence-electron chi connectivity index (χ2n) is 1.55. The van der Waals surface area contributed by atoms with E-state index in [0.29, 0.717) is 6.61 Å². The van der Waals surface area contributed by atoms with Crippen molar-refractivity contribution in [2.45, 2.75) is 6.92 Å². The molecule has 0 atom stereocenters. The third kappa shape index (κ3) is 2.72. The predicted octanol–water partition coefficient (Wildman–Crippen LogP) is 0.130. The van der Waals surface area contributed by atoms with Crippen molar-refractivity contribution in [1.82, 2.24) is 0 Å². The second kappa shape index (κ2) is 5.33. The maximum absolute atomic E-state index is 5.22. The molecule has 0 bridgehead atoms. The van der Waals surface area contributed by atoms with Crippen molar-refractivity contribution in [3.05, 3.63) is 0 Å². The van der Waals surface area contributed by atoms with Gasteiger partial charge in [0.15, 0.2) is 0 Å². The SMILES string of the molecule is CC[O][SbH]([O]C)([O]C)[O]C. The van der Waals surface area contributed by atoms with E-state index in [9.17, 15) is 0 Å². The average molecular weight is 261 g/mol. The molecule has 0 radical (unpaired) electrons. The van der Waals surface area contributed by atoms with Crippen LogP contribution in [0.2, 0.25) is 0 Å². The first kappa shape index (κ1) is 10.7. The topological polar surface area (TPSA) is 36.9 Å². The van der Waals surface area contributed by atoms with Gasteiger partial charge in [-0.3, -0.25) is 0 Å². The Kier molecular flexibility index (Phi) is 5.68. The third-order valence-corrected chi connectivity index (χ3v) is 7.19. The zero-order chi connectivity index (χ0) is 8.04. The van der Waals surface area contributed by atoms with Crippen molar-refractivity contribution in [1.29, 1.82) is 0 Å². The van der Waals surface area contributed by atoms with Gasteiger partial charge >= 0.3 is 67.4 Å². The molecule has 0 fully saturated rings. The molecule has 4 nitrogen and oxygen atoms in total. The summed E-state index contributed by atoms with van der Waals surface area (Å²) in [5.41, 5.74) is 0. The summed E-state index contributed by atoms with van der Waals surface area (Å²) >= 11 is -3.43. The Hall–Kier alpha value is 0.658. The fourth-order valence-electron chi connectivity index (χ4n) is 0.604. The zero-order valence-electron chi connectivity index (χ0n) is 6.84. The molecule has 0 aromatic rings. The molecule has 0 unspecified atom stereocenters. The van der Waals surface area contributed by atoms with Gasteiger partial charge in [-0.15, -0.1) is 0 Å². The Bertz CT molecular complexity index is 75.5. The Morgan fingerprint density at radius 2 is 1.40 bits per heavy atom. The van der Waals surface area contributed by atoms with Crippen LogP contribution in [-0.4, -0.2) is 48.4 Å². The molecule has 5 heteroatoms. The van der Waals surface area contributed by atoms with Gasteiger partial charge in [-0.1, -0.05) is 0 Å². The average Bonchev–Trinajstić information content (AvgIpc) is 2.01. The van der Waals surface area contributed by atoms with Gasteiger partial charge in [0.25, 0.3) is 0 Å². The summed E-state index contributed by atoms with van der Waals surface area (Å²) in [7, 11) is 4.62. The molecule has 0 aromatic carbocycles. The first-order chi connectivity index (χ1) is 4.74. The van der Waals surface area contributed by atoms with E-state index < -0.39 is 20.5 Å². The fourth-order valence-corrected chi connectivity index (χ4v) is 4.05. The molecule has 0 N–H and O–H groups in total. The van der Waals surface area contributed by atoms with E-state index in [2.05, 4.69) is 0 Å². The van der Waals surface area contributed by atoms with Crippen LogP contribution in [-0.2, 0) is 12.1 Å². The molecule has 0 rings (SSSR count). The molecule has 0 aliphatic heterocycles. The zero-order valence-corrected chi connectivity index (χ0v) is 9.69. The van der Waals surface area contributed by atoms with Gasteiger partial charge in [0, 0.05) is 0 Å². The summed E-state index contributed by atoms with van der Waals surface area (Å²) in [6.45, 7) is 2.44. The van der Waals surface area contributed by atoms with Crippen LogP contribution in [0.3, 0.4) is 0 Å². The van der Waals surface area contributed by atoms with Gasteiger partial charge in [0.05, 0.1) is 0 Å². The Balaban J connectivity index is 3.87. The van der Waals surface area contributed by atoms with Crippen LogP contribution in [0.4, 0.5) is 0 Å². The normalized spacial score (nSPS) is 13.6. The summed E-state index contributed by atoms with van der Waals surface area (Å²) in [4.78, 5) is 0. The standard InChI is InChI=1S/C2H5O.3CH3O.Sb.H/c1-2-3;3*1-2;;/h2H2,1H3;3*1H3;;/q4*-1;+4;. The quantitative estimate of drug-likeness (QED) is 0.659. The van der Waals surface area contributed by atoms with Gasteiger partial charge < -0.3 is 0 Å². The van der Waals surface area contributed by atoms with E-state index in [1.165, 1.54) is 0 Å². The second-order valence-corrected chi connectivity index (χ2v) is 8.72. The summed E-state index contributed by atoms with van der Waals surface area (Å²) in [5.74, 6) is 0. The first-order valence-electron chi connectivity index (χ1n) is 3.04. The third-order valence-electron chi connectivity index (χ3n) is 1.07. The van der Waals surface area contributed by atoms with E-state index in [1.807, 2.05) is 6.92 Å². The van der Waals surface area contributed by atoms with E-state index in [0.717, 1.165) is 0 Å². The van der Waals surface area contributed by atoms with Crippen molar-refractivity contribution in [3.63, 3.8) is 0 Å². The Morgan fingerprint density at radius 3 is 1.50 bits per heavy atom. The molecule has 0 amide bonds. The van der Waals surface area contributed by atoms with Crippen LogP contribution in [0, 0.1) is 0 Å². The molecule has 0 heterocycles. The maximum atomic E-state index is 5.22. The van der Waals surface area contributed by atoms with Gasteiger partial charge in [-0.25, -0.2) is 0 Å². The van der Waals surface area contributed by atoms with Crippen LogP contribution in [0.25, 0.3) is 0 Å². The summed E-state index contributed by atoms with van der Waals surface area (Å²) in [6.07, 6.45) is 0. The molecule has 0 aromatic heterocycles. The summed E-state index contributed by atoms with van der Waals surface area (Å²) < 4.78 is 20.3. The molecular weight excluding hydrogens is 246 g/mol. The van der Waals surface area contributed by atoms with Crippen molar-refractivity contribution in [3.8, 4) is 0 Å². The van der Waals surface area contributed by atoms with E-state index in [4.69, 9.17) is 12.1 Å². The van der Waals surface area contributed by atoms with E-state index in [1.54, 1.807) is 21.3 Å². The molecule has 64 valence electrons. The number of rotatable bonds is 5. The molecular formula is C5H15O4Sb. The van der Waals surface area contributed by atoms with Gasteiger partial charge in [0.2, 0.25) is 0 Å². The molecule has 0 spiro atoms. The van der Waals surface area contributed by atoms with Crippen LogP contribution in [0.5, 0.6) is 0 Å². The molecule has 0 saturated heterocycles. The van der Waals surface area contributed by atoms with Crippen LogP contribution in [0.1, 0.15) is 6.92 Å². The monoisotopic (exact) mass is 260 g/mol.